The van der Waals surface area contributed by atoms with Crippen molar-refractivity contribution in [3.63, 3.8) is 0 Å². The van der Waals surface area contributed by atoms with Crippen LogP contribution in [0.4, 0.5) is 0 Å². The molecule has 31 nitrogen and oxygen atoms in total. The zero-order chi connectivity index (χ0) is 70.7. The van der Waals surface area contributed by atoms with Crippen LogP contribution < -0.4 is 59.3 Å². The number of ether oxygens (including phenoxy) is 1. The monoisotopic (exact) mass is 1330 g/mol. The third-order valence-corrected chi connectivity index (χ3v) is 15.9. The summed E-state index contributed by atoms with van der Waals surface area (Å²) in [6, 6.07) is 0.664. The van der Waals surface area contributed by atoms with E-state index in [0.717, 1.165) is 0 Å². The van der Waals surface area contributed by atoms with Crippen molar-refractivity contribution >= 4 is 70.9 Å². The van der Waals surface area contributed by atoms with Crippen LogP contribution in [0.15, 0.2) is 54.6 Å². The number of nitrogens with one attached hydrogen (secondary N) is 9. The SMILES string of the molecule is CC[C@H](C)[C@H](NC(=O)[C@@H](N)C(C)C)C(=O)N[C@H](C(=O)N[C@@H](C)C(=O)N[C@@H](Cc1ccccc1)C(=O)N[C@@H](Cc1ccc(C(=O)C[C@@H]2O[C@H](CO)[C@H](O)[C@H](O)[C@H]2O)cc1)C(=O)N[C@@H](CCC(=O)O)C(=O)NCC(=O)N[C@@H](CC(C)C)C(=O)N[C@@H](CCCCN)C(=O)O)[C@@H](C)O. The van der Waals surface area contributed by atoms with Crippen molar-refractivity contribution in [1.82, 2.24) is 47.9 Å². The van der Waals surface area contributed by atoms with Crippen LogP contribution in [0.2, 0.25) is 0 Å². The predicted molar refractivity (Wildman–Crippen MR) is 338 cm³/mol. The third-order valence-electron chi connectivity index (χ3n) is 15.9. The second kappa shape index (κ2) is 39.6. The van der Waals surface area contributed by atoms with E-state index in [1.54, 1.807) is 71.9 Å². The second-order valence-electron chi connectivity index (χ2n) is 24.5. The Morgan fingerprint density at radius 3 is 1.63 bits per heavy atom. The molecule has 31 heteroatoms. The molecule has 0 bridgehead atoms. The summed E-state index contributed by atoms with van der Waals surface area (Å²) < 4.78 is 5.50. The highest BCUT2D eigenvalue weighted by molar-refractivity contribution is 5.99. The Kier molecular flexibility index (Phi) is 33.8. The van der Waals surface area contributed by atoms with Crippen LogP contribution in [-0.2, 0) is 70.3 Å². The molecule has 16 atom stereocenters. The summed E-state index contributed by atoms with van der Waals surface area (Å²) in [6.07, 6.45) is -10.5. The van der Waals surface area contributed by atoms with Crippen molar-refractivity contribution in [2.75, 3.05) is 19.7 Å². The molecule has 0 saturated carbocycles. The van der Waals surface area contributed by atoms with Gasteiger partial charge in [0.15, 0.2) is 5.78 Å². The molecule has 0 unspecified atom stereocenters. The second-order valence-corrected chi connectivity index (χ2v) is 24.5. The molecule has 524 valence electrons. The predicted octanol–water partition coefficient (Wildman–Crippen LogP) is -3.56. The third kappa shape index (κ3) is 26.0. The highest BCUT2D eigenvalue weighted by Crippen LogP contribution is 2.25. The van der Waals surface area contributed by atoms with Crippen LogP contribution in [0.5, 0.6) is 0 Å². The Balaban J connectivity index is 2.01. The number of hydrogen-bond acceptors (Lipinski definition) is 20. The van der Waals surface area contributed by atoms with Crippen molar-refractivity contribution in [2.24, 2.45) is 29.2 Å². The Hall–Kier alpha value is -8.04. The van der Waals surface area contributed by atoms with Crippen LogP contribution >= 0.6 is 0 Å². The standard InChI is InChI=1S/C63H97N11O20/c1-9-33(6)50(73-60(89)49(65)32(4)5)61(90)74-51(35(8)76)62(91)67-34(7)55(84)71-42(26-36-15-11-10-12-16-36)59(88)72-43(27-37-18-20-38(21-19-37)44(77)28-45-52(81)54(83)53(82)46(30-75)94-45)58(87)69-39(22-23-48(79)80)56(85)66-29-47(78)68-41(25-31(2)3)57(86)70-40(63(92)93)17-13-14-24-64/h10-12,15-16,18-21,31-35,39-43,45-46,49-54,75-76,81-83H,9,13-14,17,22-30,64-65H2,1-8H3,(H,66,85)(H,67,91)(H,68,78)(H,69,87)(H,70,86)(H,71,84)(H,72,88)(H,73,89)(H,74,90)(H,79,80)(H,92,93)/t33-,34-,35+,39-,40-,41-,42-,43-,45-,46+,49-,50-,51-,52-,53-,54+/m0/s1. The van der Waals surface area contributed by atoms with E-state index < -0.39 is 207 Å². The number of aliphatic hydroxyl groups is 5. The van der Waals surface area contributed by atoms with E-state index >= 15 is 0 Å². The quantitative estimate of drug-likeness (QED) is 0.0227. The molecule has 94 heavy (non-hydrogen) atoms. The number of aliphatic hydroxyl groups excluding tert-OH is 5. The molecule has 3 rings (SSSR count). The van der Waals surface area contributed by atoms with Crippen molar-refractivity contribution in [3.05, 3.63) is 71.3 Å². The molecule has 1 fully saturated rings. The zero-order valence-corrected chi connectivity index (χ0v) is 54.4. The van der Waals surface area contributed by atoms with Gasteiger partial charge in [-0.15, -0.1) is 0 Å². The lowest BCUT2D eigenvalue weighted by Gasteiger charge is -2.39. The number of benzene rings is 2. The van der Waals surface area contributed by atoms with Gasteiger partial charge in [0.1, 0.15) is 72.8 Å². The summed E-state index contributed by atoms with van der Waals surface area (Å²) >= 11 is 0. The van der Waals surface area contributed by atoms with Gasteiger partial charge in [-0.25, -0.2) is 4.79 Å². The summed E-state index contributed by atoms with van der Waals surface area (Å²) in [5.74, 6) is -12.8. The maximum absolute atomic E-state index is 14.8. The van der Waals surface area contributed by atoms with Gasteiger partial charge in [0, 0.05) is 31.2 Å². The van der Waals surface area contributed by atoms with Gasteiger partial charge in [-0.3, -0.25) is 52.7 Å². The Morgan fingerprint density at radius 1 is 0.564 bits per heavy atom. The molecule has 1 heterocycles. The van der Waals surface area contributed by atoms with Gasteiger partial charge < -0.3 is 99.8 Å². The number of rotatable bonds is 40. The largest absolute Gasteiger partial charge is 0.481 e. The molecule has 2 aromatic carbocycles. The first-order valence-corrected chi connectivity index (χ1v) is 31.5. The minimum absolute atomic E-state index is 0.0270. The molecule has 1 aliphatic heterocycles. The van der Waals surface area contributed by atoms with Crippen molar-refractivity contribution < 1.29 is 98.0 Å². The molecule has 0 aromatic heterocycles. The molecule has 0 aliphatic carbocycles. The average Bonchev–Trinajstić information content (AvgIpc) is 0.854. The first kappa shape index (κ1) is 80.2. The van der Waals surface area contributed by atoms with Crippen LogP contribution in [-0.4, -0.2) is 217 Å². The minimum atomic E-state index is -1.75. The molecule has 0 radical (unpaired) electrons. The molecular formula is C63H97N11O20. The summed E-state index contributed by atoms with van der Waals surface area (Å²) in [6.45, 7) is 11.5. The van der Waals surface area contributed by atoms with Gasteiger partial charge in [0.05, 0.1) is 31.4 Å². The molecule has 0 spiro atoms. The van der Waals surface area contributed by atoms with Gasteiger partial charge in [-0.05, 0) is 81.4 Å². The maximum atomic E-state index is 14.8. The van der Waals surface area contributed by atoms with Crippen LogP contribution in [0.1, 0.15) is 128 Å². The lowest BCUT2D eigenvalue weighted by molar-refractivity contribution is -0.227. The topological polar surface area (TPSA) is 516 Å². The highest BCUT2D eigenvalue weighted by atomic mass is 16.5. The normalized spacial score (nSPS) is 19.7. The van der Waals surface area contributed by atoms with E-state index in [9.17, 15) is 93.3 Å². The molecule has 9 amide bonds. The number of ketones is 1. The summed E-state index contributed by atoms with van der Waals surface area (Å²) in [5.41, 5.74) is 12.3. The fraction of sp³-hybridized carbons (Fsp3) is 0.619. The van der Waals surface area contributed by atoms with Crippen molar-refractivity contribution in [3.8, 4) is 0 Å². The average molecular weight is 1330 g/mol. The minimum Gasteiger partial charge on any atom is -0.481 e. The van der Waals surface area contributed by atoms with E-state index in [1.807, 2.05) is 0 Å². The number of carbonyl (C=O) groups is 12. The van der Waals surface area contributed by atoms with E-state index in [4.69, 9.17) is 16.2 Å². The Labute approximate surface area is 545 Å². The number of amides is 9. The lowest BCUT2D eigenvalue weighted by atomic mass is 9.91. The Bertz CT molecular complexity index is 2860. The van der Waals surface area contributed by atoms with Gasteiger partial charge in [0.25, 0.3) is 0 Å². The highest BCUT2D eigenvalue weighted by Gasteiger charge is 2.44. The fourth-order valence-electron chi connectivity index (χ4n) is 9.89. The molecule has 1 saturated heterocycles. The van der Waals surface area contributed by atoms with Gasteiger partial charge in [0.2, 0.25) is 53.2 Å². The van der Waals surface area contributed by atoms with E-state index in [1.165, 1.54) is 38.1 Å². The summed E-state index contributed by atoms with van der Waals surface area (Å²) in [7, 11) is 0. The zero-order valence-electron chi connectivity index (χ0n) is 54.4. The lowest BCUT2D eigenvalue weighted by Crippen LogP contribution is -2.62. The maximum Gasteiger partial charge on any atom is 0.326 e. The van der Waals surface area contributed by atoms with Crippen LogP contribution in [0.25, 0.3) is 0 Å². The Morgan fingerprint density at radius 2 is 1.10 bits per heavy atom. The fourth-order valence-corrected chi connectivity index (χ4v) is 9.89. The smallest absolute Gasteiger partial charge is 0.326 e. The summed E-state index contributed by atoms with van der Waals surface area (Å²) in [4.78, 5) is 162. The first-order chi connectivity index (χ1) is 44.2. The van der Waals surface area contributed by atoms with E-state index in [-0.39, 0.29) is 42.2 Å². The number of Topliss-reactive ketones (excluding diaryl/α,β-unsaturated/α-hetero) is 1. The number of hydrogen-bond donors (Lipinski definition) is 18. The van der Waals surface area contributed by atoms with Crippen LogP contribution in [0.3, 0.4) is 0 Å². The molecule has 1 aliphatic rings. The van der Waals surface area contributed by atoms with Gasteiger partial charge in [-0.1, -0.05) is 103 Å². The number of unbranched alkanes of at least 4 members (excludes halogenated alkanes) is 1. The molecule has 2 aromatic rings. The number of carboxylic acids is 2. The summed E-state index contributed by atoms with van der Waals surface area (Å²) in [5, 5.41) is 93.4. The van der Waals surface area contributed by atoms with Crippen molar-refractivity contribution in [1.29, 1.82) is 0 Å². The van der Waals surface area contributed by atoms with Crippen molar-refractivity contribution in [2.45, 2.75) is 211 Å². The van der Waals surface area contributed by atoms with E-state index in [0.29, 0.717) is 31.4 Å². The molecular weight excluding hydrogens is 1230 g/mol. The number of carboxylic acid groups (broad SMARTS) is 2. The van der Waals surface area contributed by atoms with Gasteiger partial charge >= 0.3 is 11.9 Å². The van der Waals surface area contributed by atoms with Crippen LogP contribution in [0, 0.1) is 17.8 Å². The van der Waals surface area contributed by atoms with E-state index in [2.05, 4.69) is 47.9 Å². The number of nitrogens with two attached hydrogens (primary N) is 2. The number of carbonyl (C=O) groups excluding carboxylic acids is 10. The van der Waals surface area contributed by atoms with Gasteiger partial charge in [-0.2, -0.15) is 0 Å². The first-order valence-electron chi connectivity index (χ1n) is 31.5. The molecule has 20 N–H and O–H groups in total. The number of aliphatic carboxylic acids is 2.